The molecule has 1 heterocycles. The number of rotatable bonds is 6. The van der Waals surface area contributed by atoms with Crippen molar-refractivity contribution in [2.45, 2.75) is 11.7 Å². The van der Waals surface area contributed by atoms with Crippen LogP contribution in [0.1, 0.15) is 5.56 Å². The quantitative estimate of drug-likeness (QED) is 0.836. The smallest absolute Gasteiger partial charge is 0.231 e. The van der Waals surface area contributed by atoms with Gasteiger partial charge in [-0.3, -0.25) is 14.5 Å². The maximum atomic E-state index is 12.1. The second-order valence-electron chi connectivity index (χ2n) is 4.96. The van der Waals surface area contributed by atoms with Crippen molar-refractivity contribution in [3.63, 3.8) is 0 Å². The first-order valence-electron chi connectivity index (χ1n) is 6.98. The summed E-state index contributed by atoms with van der Waals surface area (Å²) in [5.74, 6) is -0.445. The molecule has 1 fully saturated rings. The fourth-order valence-corrected chi connectivity index (χ4v) is 3.13. The van der Waals surface area contributed by atoms with Gasteiger partial charge in [0.05, 0.1) is 25.0 Å². The molecule has 1 amide bonds. The van der Waals surface area contributed by atoms with E-state index < -0.39 is 11.2 Å². The number of hydrogen-bond donors (Lipinski definition) is 1. The van der Waals surface area contributed by atoms with E-state index in [-0.39, 0.29) is 5.12 Å². The van der Waals surface area contributed by atoms with E-state index in [1.165, 1.54) is 0 Å². The van der Waals surface area contributed by atoms with Crippen molar-refractivity contribution in [2.75, 3.05) is 32.8 Å². The van der Waals surface area contributed by atoms with E-state index in [2.05, 4.69) is 0 Å². The third-order valence-electron chi connectivity index (χ3n) is 3.31. The zero-order valence-corrected chi connectivity index (χ0v) is 12.7. The van der Waals surface area contributed by atoms with Crippen LogP contribution in [-0.2, 0) is 20.7 Å². The van der Waals surface area contributed by atoms with Crippen LogP contribution < -0.4 is 5.73 Å². The molecule has 21 heavy (non-hydrogen) atoms. The van der Waals surface area contributed by atoms with Crippen LogP contribution in [-0.4, -0.2) is 54.0 Å². The van der Waals surface area contributed by atoms with Gasteiger partial charge in [0.25, 0.3) is 0 Å². The number of primary amides is 1. The lowest BCUT2D eigenvalue weighted by Gasteiger charge is -2.26. The number of carbonyl (C=O) groups excluding carboxylic acids is 2. The summed E-state index contributed by atoms with van der Waals surface area (Å²) >= 11 is 1.05. The van der Waals surface area contributed by atoms with Gasteiger partial charge in [0.2, 0.25) is 11.0 Å². The highest BCUT2D eigenvalue weighted by Crippen LogP contribution is 2.18. The molecular formula is C15H20N2O3S. The zero-order valence-electron chi connectivity index (χ0n) is 11.9. The Morgan fingerprint density at radius 1 is 1.24 bits per heavy atom. The lowest BCUT2D eigenvalue weighted by Crippen LogP contribution is -2.40. The van der Waals surface area contributed by atoms with Crippen LogP contribution in [0, 0.1) is 0 Å². The lowest BCUT2D eigenvalue weighted by molar-refractivity contribution is -0.118. The molecule has 0 saturated carbocycles. The molecule has 1 saturated heterocycles. The molecule has 0 spiro atoms. The van der Waals surface area contributed by atoms with Gasteiger partial charge in [0.15, 0.2) is 0 Å². The minimum absolute atomic E-state index is 0.0170. The average Bonchev–Trinajstić information content (AvgIpc) is 2.48. The van der Waals surface area contributed by atoms with E-state index in [1.807, 2.05) is 35.2 Å². The highest BCUT2D eigenvalue weighted by molar-refractivity contribution is 8.14. The van der Waals surface area contributed by atoms with E-state index in [1.54, 1.807) is 0 Å². The lowest BCUT2D eigenvalue weighted by atomic mass is 10.1. The molecule has 0 aliphatic carbocycles. The van der Waals surface area contributed by atoms with Crippen molar-refractivity contribution >= 4 is 22.8 Å². The van der Waals surface area contributed by atoms with Gasteiger partial charge in [0, 0.05) is 13.1 Å². The summed E-state index contributed by atoms with van der Waals surface area (Å²) in [5.41, 5.74) is 6.43. The zero-order chi connectivity index (χ0) is 15.1. The molecule has 0 aromatic heterocycles. The topological polar surface area (TPSA) is 72.6 Å². The fraction of sp³-hybridized carbons (Fsp3) is 0.467. The first kappa shape index (κ1) is 16.0. The largest absolute Gasteiger partial charge is 0.379 e. The Kier molecular flexibility index (Phi) is 6.22. The Balaban J connectivity index is 1.86. The van der Waals surface area contributed by atoms with E-state index in [4.69, 9.17) is 10.5 Å². The predicted molar refractivity (Wildman–Crippen MR) is 83.0 cm³/mol. The molecule has 5 nitrogen and oxygen atoms in total. The molecule has 6 heteroatoms. The first-order valence-corrected chi connectivity index (χ1v) is 7.86. The summed E-state index contributed by atoms with van der Waals surface area (Å²) in [7, 11) is 0. The normalized spacial score (nSPS) is 17.3. The Bertz CT molecular complexity index is 475. The van der Waals surface area contributed by atoms with Gasteiger partial charge in [0.1, 0.15) is 0 Å². The first-order chi connectivity index (χ1) is 10.1. The van der Waals surface area contributed by atoms with E-state index in [9.17, 15) is 9.59 Å². The molecule has 1 aromatic carbocycles. The van der Waals surface area contributed by atoms with Crippen LogP contribution in [0.5, 0.6) is 0 Å². The molecule has 1 atom stereocenters. The number of nitrogens with zero attached hydrogens (tertiary/aromatic N) is 1. The van der Waals surface area contributed by atoms with Crippen LogP contribution in [0.3, 0.4) is 0 Å². The molecule has 114 valence electrons. The predicted octanol–water partition coefficient (Wildman–Crippen LogP) is 0.675. The molecule has 0 bridgehead atoms. The number of amides is 1. The number of hydrogen-bond acceptors (Lipinski definition) is 5. The minimum atomic E-state index is -0.513. The molecule has 0 radical (unpaired) electrons. The molecule has 1 aliphatic rings. The highest BCUT2D eigenvalue weighted by atomic mass is 32.2. The average molecular weight is 308 g/mol. The van der Waals surface area contributed by atoms with E-state index in [0.29, 0.717) is 26.2 Å². The van der Waals surface area contributed by atoms with Crippen molar-refractivity contribution in [3.8, 4) is 0 Å². The summed E-state index contributed by atoms with van der Waals surface area (Å²) in [6, 6.07) is 9.60. The summed E-state index contributed by atoms with van der Waals surface area (Å²) in [6.07, 6.45) is 0.482. The number of benzene rings is 1. The van der Waals surface area contributed by atoms with Crippen LogP contribution >= 0.6 is 11.8 Å². The van der Waals surface area contributed by atoms with Gasteiger partial charge >= 0.3 is 0 Å². The number of thioether (sulfide) groups is 1. The van der Waals surface area contributed by atoms with Gasteiger partial charge in [-0.05, 0) is 12.0 Å². The monoisotopic (exact) mass is 308 g/mol. The second-order valence-corrected chi connectivity index (χ2v) is 6.22. The van der Waals surface area contributed by atoms with Crippen LogP contribution in [0.25, 0.3) is 0 Å². The summed E-state index contributed by atoms with van der Waals surface area (Å²) in [6.45, 7) is 3.16. The molecule has 2 N–H and O–H groups in total. The van der Waals surface area contributed by atoms with Crippen LogP contribution in [0.2, 0.25) is 0 Å². The number of morpholine rings is 1. The molecule has 1 aliphatic heterocycles. The Labute approximate surface area is 128 Å². The third-order valence-corrected chi connectivity index (χ3v) is 4.39. The van der Waals surface area contributed by atoms with Crippen LogP contribution in [0.4, 0.5) is 0 Å². The SMILES string of the molecule is NC(=O)[C@H](Cc1ccccc1)SC(=O)CN1CCOCC1. The van der Waals surface area contributed by atoms with Gasteiger partial charge < -0.3 is 10.5 Å². The number of nitrogens with two attached hydrogens (primary N) is 1. The van der Waals surface area contributed by atoms with Crippen LogP contribution in [0.15, 0.2) is 30.3 Å². The Hall–Kier alpha value is -1.37. The van der Waals surface area contributed by atoms with Gasteiger partial charge in [-0.2, -0.15) is 0 Å². The van der Waals surface area contributed by atoms with Gasteiger partial charge in [-0.1, -0.05) is 42.1 Å². The van der Waals surface area contributed by atoms with E-state index >= 15 is 0 Å². The number of ether oxygens (including phenoxy) is 1. The summed E-state index contributed by atoms with van der Waals surface area (Å²) < 4.78 is 5.25. The Morgan fingerprint density at radius 3 is 2.52 bits per heavy atom. The minimum Gasteiger partial charge on any atom is -0.379 e. The molecule has 1 aromatic rings. The molecule has 2 rings (SSSR count). The highest BCUT2D eigenvalue weighted by Gasteiger charge is 2.22. The molecule has 0 unspecified atom stereocenters. The standard InChI is InChI=1S/C15H20N2O3S/c16-15(19)13(10-12-4-2-1-3-5-12)21-14(18)11-17-6-8-20-9-7-17/h1-5,13H,6-11H2,(H2,16,19)/t13-/m0/s1. The Morgan fingerprint density at radius 2 is 1.90 bits per heavy atom. The van der Waals surface area contributed by atoms with Crippen molar-refractivity contribution in [2.24, 2.45) is 5.73 Å². The third kappa shape index (κ3) is 5.49. The second kappa shape index (κ2) is 8.17. The van der Waals surface area contributed by atoms with Gasteiger partial charge in [-0.15, -0.1) is 0 Å². The van der Waals surface area contributed by atoms with Crippen molar-refractivity contribution in [3.05, 3.63) is 35.9 Å². The summed E-state index contributed by atoms with van der Waals surface area (Å²) in [4.78, 5) is 25.7. The fourth-order valence-electron chi connectivity index (χ4n) is 2.17. The molecular weight excluding hydrogens is 288 g/mol. The van der Waals surface area contributed by atoms with E-state index in [0.717, 1.165) is 30.4 Å². The van der Waals surface area contributed by atoms with Crippen molar-refractivity contribution in [1.82, 2.24) is 4.90 Å². The maximum Gasteiger partial charge on any atom is 0.231 e. The summed E-state index contributed by atoms with van der Waals surface area (Å²) in [5, 5.41) is -0.530. The maximum absolute atomic E-state index is 12.1. The van der Waals surface area contributed by atoms with Crippen molar-refractivity contribution < 1.29 is 14.3 Å². The van der Waals surface area contributed by atoms with Crippen molar-refractivity contribution in [1.29, 1.82) is 0 Å². The van der Waals surface area contributed by atoms with Gasteiger partial charge in [-0.25, -0.2) is 0 Å². The number of carbonyl (C=O) groups is 2.